The number of benzene rings is 2. The molecule has 10 heteroatoms. The molecule has 9 nitrogen and oxygen atoms in total. The van der Waals surface area contributed by atoms with Gasteiger partial charge in [-0.25, -0.2) is 9.97 Å². The molecular formula is C23H22ClN7O2. The van der Waals surface area contributed by atoms with Gasteiger partial charge in [-0.3, -0.25) is 4.79 Å². The highest BCUT2D eigenvalue weighted by Gasteiger charge is 2.26. The third-order valence-corrected chi connectivity index (χ3v) is 5.83. The quantitative estimate of drug-likeness (QED) is 0.449. The Bertz CT molecular complexity index is 1280. The van der Waals surface area contributed by atoms with Crippen LogP contribution in [0.5, 0.6) is 5.75 Å². The van der Waals surface area contributed by atoms with Gasteiger partial charge in [-0.1, -0.05) is 28.9 Å². The number of hydrogen-bond acceptors (Lipinski definition) is 7. The number of hydrogen-bond donors (Lipinski definition) is 0. The largest absolute Gasteiger partial charge is 0.493 e. The summed E-state index contributed by atoms with van der Waals surface area (Å²) < 4.78 is 7.30. The number of aromatic nitrogens is 5. The third kappa shape index (κ3) is 4.07. The smallest absolute Gasteiger partial charge is 0.257 e. The number of fused-ring (bicyclic) bond motifs is 1. The van der Waals surface area contributed by atoms with Crippen LogP contribution in [0.4, 0.5) is 5.82 Å². The average Bonchev–Trinajstić information content (AvgIpc) is 3.29. The van der Waals surface area contributed by atoms with Crippen LogP contribution in [-0.2, 0) is 0 Å². The molecule has 0 spiro atoms. The number of nitrogens with zero attached hydrogens (tertiary/aromatic N) is 7. The highest BCUT2D eigenvalue weighted by Crippen LogP contribution is 2.25. The molecule has 4 aromatic rings. The molecule has 1 aliphatic rings. The maximum absolute atomic E-state index is 13.1. The molecule has 1 fully saturated rings. The molecule has 0 N–H and O–H groups in total. The van der Waals surface area contributed by atoms with Crippen molar-refractivity contribution in [1.82, 2.24) is 29.9 Å². The molecule has 0 unspecified atom stereocenters. The standard InChI is InChI=1S/C23H22ClN7O2/c1-2-33-19-6-4-3-5-18(19)23(32)30-13-11-29(12-14-30)21-20-22(26-15-25-21)31(28-27-20)17-9-7-16(24)8-10-17/h3-10,15H,2,11-14H2,1H3. The molecule has 168 valence electrons. The van der Waals surface area contributed by atoms with Crippen LogP contribution in [0, 0.1) is 0 Å². The van der Waals surface area contributed by atoms with Crippen molar-refractivity contribution in [3.63, 3.8) is 0 Å². The first-order chi connectivity index (χ1) is 16.2. The van der Waals surface area contributed by atoms with Crippen molar-refractivity contribution in [2.24, 2.45) is 0 Å². The van der Waals surface area contributed by atoms with Crippen LogP contribution in [0.2, 0.25) is 5.02 Å². The number of halogens is 1. The zero-order valence-corrected chi connectivity index (χ0v) is 18.8. The second kappa shape index (κ2) is 9.03. The summed E-state index contributed by atoms with van der Waals surface area (Å²) in [4.78, 5) is 25.9. The zero-order chi connectivity index (χ0) is 22.8. The summed E-state index contributed by atoms with van der Waals surface area (Å²) in [5.74, 6) is 1.30. The van der Waals surface area contributed by atoms with E-state index in [0.29, 0.717) is 66.1 Å². The van der Waals surface area contributed by atoms with Gasteiger partial charge in [0.2, 0.25) is 0 Å². The predicted molar refractivity (Wildman–Crippen MR) is 125 cm³/mol. The molecule has 3 heterocycles. The van der Waals surface area contributed by atoms with Crippen molar-refractivity contribution in [2.75, 3.05) is 37.7 Å². The summed E-state index contributed by atoms with van der Waals surface area (Å²) in [6.07, 6.45) is 1.52. The number of ether oxygens (including phenoxy) is 1. The molecule has 0 saturated carbocycles. The van der Waals surface area contributed by atoms with Gasteiger partial charge < -0.3 is 14.5 Å². The fourth-order valence-corrected chi connectivity index (χ4v) is 4.07. The van der Waals surface area contributed by atoms with Gasteiger partial charge >= 0.3 is 0 Å². The van der Waals surface area contributed by atoms with Gasteiger partial charge in [-0.2, -0.15) is 4.68 Å². The van der Waals surface area contributed by atoms with Crippen LogP contribution in [0.25, 0.3) is 16.9 Å². The summed E-state index contributed by atoms with van der Waals surface area (Å²) >= 11 is 6.00. The second-order valence-corrected chi connectivity index (χ2v) is 7.99. The molecule has 5 rings (SSSR count). The van der Waals surface area contributed by atoms with Crippen molar-refractivity contribution < 1.29 is 9.53 Å². The van der Waals surface area contributed by atoms with E-state index in [1.165, 1.54) is 6.33 Å². The van der Waals surface area contributed by atoms with Crippen LogP contribution >= 0.6 is 11.6 Å². The van der Waals surface area contributed by atoms with Crippen LogP contribution in [0.1, 0.15) is 17.3 Å². The van der Waals surface area contributed by atoms with Gasteiger partial charge in [0.1, 0.15) is 12.1 Å². The minimum atomic E-state index is -0.0276. The van der Waals surface area contributed by atoms with E-state index in [-0.39, 0.29) is 5.91 Å². The SMILES string of the molecule is CCOc1ccccc1C(=O)N1CCN(c2ncnc3c2nnn3-c2ccc(Cl)cc2)CC1. The Morgan fingerprint density at radius 2 is 1.79 bits per heavy atom. The highest BCUT2D eigenvalue weighted by molar-refractivity contribution is 6.30. The van der Waals surface area contributed by atoms with E-state index in [2.05, 4.69) is 25.2 Å². The Morgan fingerprint density at radius 1 is 1.03 bits per heavy atom. The molecule has 0 aliphatic carbocycles. The zero-order valence-electron chi connectivity index (χ0n) is 18.1. The molecule has 0 radical (unpaired) electrons. The van der Waals surface area contributed by atoms with Crippen molar-refractivity contribution in [3.05, 3.63) is 65.4 Å². The second-order valence-electron chi connectivity index (χ2n) is 7.56. The van der Waals surface area contributed by atoms with Crippen LogP contribution in [0.15, 0.2) is 54.9 Å². The number of amides is 1. The lowest BCUT2D eigenvalue weighted by Crippen LogP contribution is -2.49. The fraction of sp³-hybridized carbons (Fsp3) is 0.261. The van der Waals surface area contributed by atoms with Gasteiger partial charge in [-0.15, -0.1) is 5.10 Å². The van der Waals surface area contributed by atoms with E-state index in [9.17, 15) is 4.79 Å². The van der Waals surface area contributed by atoms with Crippen LogP contribution < -0.4 is 9.64 Å². The highest BCUT2D eigenvalue weighted by atomic mass is 35.5. The minimum absolute atomic E-state index is 0.0276. The van der Waals surface area contributed by atoms with Crippen molar-refractivity contribution >= 4 is 34.5 Å². The first kappa shape index (κ1) is 21.1. The van der Waals surface area contributed by atoms with Crippen molar-refractivity contribution in [2.45, 2.75) is 6.92 Å². The number of carbonyl (C=O) groups excluding carboxylic acids is 1. The van der Waals surface area contributed by atoms with Crippen LogP contribution in [-0.4, -0.2) is 68.6 Å². The van der Waals surface area contributed by atoms with Gasteiger partial charge in [0.25, 0.3) is 5.91 Å². The van der Waals surface area contributed by atoms with E-state index in [4.69, 9.17) is 16.3 Å². The minimum Gasteiger partial charge on any atom is -0.493 e. The number of piperazine rings is 1. The van der Waals surface area contributed by atoms with E-state index < -0.39 is 0 Å². The number of para-hydroxylation sites is 1. The topological polar surface area (TPSA) is 89.3 Å². The Kier molecular flexibility index (Phi) is 5.78. The lowest BCUT2D eigenvalue weighted by Gasteiger charge is -2.35. The van der Waals surface area contributed by atoms with Crippen molar-refractivity contribution in [1.29, 1.82) is 0 Å². The van der Waals surface area contributed by atoms with Gasteiger partial charge in [-0.05, 0) is 43.3 Å². The fourth-order valence-electron chi connectivity index (χ4n) is 3.94. The molecule has 1 aliphatic heterocycles. The Balaban J connectivity index is 1.35. The molecule has 1 saturated heterocycles. The molecule has 2 aromatic carbocycles. The molecule has 2 aromatic heterocycles. The molecule has 1 amide bonds. The Hall–Kier alpha value is -3.72. The van der Waals surface area contributed by atoms with E-state index >= 15 is 0 Å². The van der Waals surface area contributed by atoms with E-state index in [0.717, 1.165) is 5.69 Å². The summed E-state index contributed by atoms with van der Waals surface area (Å²) in [5.41, 5.74) is 2.64. The summed E-state index contributed by atoms with van der Waals surface area (Å²) in [5, 5.41) is 9.27. The maximum Gasteiger partial charge on any atom is 0.257 e. The Labute approximate surface area is 195 Å². The first-order valence-electron chi connectivity index (χ1n) is 10.7. The third-order valence-electron chi connectivity index (χ3n) is 5.57. The molecule has 0 atom stereocenters. The average molecular weight is 464 g/mol. The predicted octanol–water partition coefficient (Wildman–Crippen LogP) is 3.23. The maximum atomic E-state index is 13.1. The molecule has 33 heavy (non-hydrogen) atoms. The summed E-state index contributed by atoms with van der Waals surface area (Å²) in [6.45, 7) is 4.81. The normalized spacial score (nSPS) is 14.0. The van der Waals surface area contributed by atoms with Gasteiger partial charge in [0, 0.05) is 31.2 Å². The van der Waals surface area contributed by atoms with Crippen molar-refractivity contribution in [3.8, 4) is 11.4 Å². The Morgan fingerprint density at radius 3 is 2.55 bits per heavy atom. The molecular weight excluding hydrogens is 442 g/mol. The van der Waals surface area contributed by atoms with Crippen LogP contribution in [0.3, 0.4) is 0 Å². The summed E-state index contributed by atoms with van der Waals surface area (Å²) in [7, 11) is 0. The number of carbonyl (C=O) groups is 1. The summed E-state index contributed by atoms with van der Waals surface area (Å²) in [6, 6.07) is 14.7. The number of rotatable bonds is 5. The van der Waals surface area contributed by atoms with Gasteiger partial charge in [0.05, 0.1) is 17.9 Å². The van der Waals surface area contributed by atoms with E-state index in [1.807, 2.05) is 48.2 Å². The first-order valence-corrected chi connectivity index (χ1v) is 11.1. The lowest BCUT2D eigenvalue weighted by molar-refractivity contribution is 0.0742. The van der Waals surface area contributed by atoms with Gasteiger partial charge in [0.15, 0.2) is 17.0 Å². The lowest BCUT2D eigenvalue weighted by atomic mass is 10.1. The molecule has 0 bridgehead atoms. The number of anilines is 1. The monoisotopic (exact) mass is 463 g/mol. The van der Waals surface area contributed by atoms with E-state index in [1.54, 1.807) is 16.8 Å².